The van der Waals surface area contributed by atoms with Crippen LogP contribution >= 0.6 is 0 Å². The number of methoxy groups -OCH3 is 2. The third kappa shape index (κ3) is 3.58. The number of carbonyl (C=O) groups is 2. The molecule has 186 valence electrons. The van der Waals surface area contributed by atoms with Gasteiger partial charge in [-0.25, -0.2) is 14.6 Å². The van der Waals surface area contributed by atoms with E-state index in [4.69, 9.17) is 14.2 Å². The summed E-state index contributed by atoms with van der Waals surface area (Å²) in [5, 5.41) is 23.3. The highest BCUT2D eigenvalue weighted by Gasteiger charge is 2.60. The van der Waals surface area contributed by atoms with Gasteiger partial charge in [-0.05, 0) is 44.0 Å². The third-order valence-electron chi connectivity index (χ3n) is 5.76. The largest absolute Gasteiger partial charge is 0.466 e. The first-order chi connectivity index (χ1) is 16.9. The average Bonchev–Trinajstić information content (AvgIpc) is 3.29. The number of hydrogen-bond acceptors (Lipinski definition) is 10. The Morgan fingerprint density at radius 1 is 0.889 bits per heavy atom. The molecule has 0 fully saturated rings. The molecule has 0 bridgehead atoms. The van der Waals surface area contributed by atoms with Crippen LogP contribution in [0, 0.1) is 20.2 Å². The average molecular weight is 495 g/mol. The Kier molecular flexibility index (Phi) is 5.62. The zero-order valence-electron chi connectivity index (χ0n) is 20.0. The molecule has 4 rings (SSSR count). The van der Waals surface area contributed by atoms with E-state index in [9.17, 15) is 29.8 Å². The molecule has 0 saturated carbocycles. The summed E-state index contributed by atoms with van der Waals surface area (Å²) in [6.07, 6.45) is 0. The summed E-state index contributed by atoms with van der Waals surface area (Å²) in [6.45, 7) is 5.19. The van der Waals surface area contributed by atoms with E-state index in [0.717, 1.165) is 14.2 Å². The minimum Gasteiger partial charge on any atom is -0.466 e. The van der Waals surface area contributed by atoms with Crippen molar-refractivity contribution < 1.29 is 33.6 Å². The predicted octanol–water partition coefficient (Wildman–Crippen LogP) is 3.60. The molecule has 1 aliphatic heterocycles. The number of nitro benzene ring substituents is 2. The summed E-state index contributed by atoms with van der Waals surface area (Å²) >= 11 is 0. The Labute approximate surface area is 204 Å². The van der Waals surface area contributed by atoms with Gasteiger partial charge in [-0.15, -0.1) is 0 Å². The van der Waals surface area contributed by atoms with Gasteiger partial charge in [0.15, 0.2) is 5.60 Å². The van der Waals surface area contributed by atoms with Crippen LogP contribution in [0.2, 0.25) is 0 Å². The van der Waals surface area contributed by atoms with Gasteiger partial charge in [0.1, 0.15) is 11.1 Å². The second kappa shape index (κ2) is 8.26. The smallest absolute Gasteiger partial charge is 0.344 e. The molecular weight excluding hydrogens is 474 g/mol. The quantitative estimate of drug-likeness (QED) is 0.350. The number of fused-ring (bicyclic) bond motifs is 5. The van der Waals surface area contributed by atoms with Crippen LogP contribution in [0.5, 0.6) is 0 Å². The van der Waals surface area contributed by atoms with Crippen LogP contribution in [0.1, 0.15) is 31.9 Å². The second-order valence-electron chi connectivity index (χ2n) is 9.08. The Balaban J connectivity index is 2.22. The number of carbonyl (C=O) groups excluding carboxylic acids is 2. The molecule has 0 aromatic heterocycles. The Bertz CT molecular complexity index is 1350. The van der Waals surface area contributed by atoms with Gasteiger partial charge in [0.05, 0.1) is 29.6 Å². The van der Waals surface area contributed by atoms with Crippen molar-refractivity contribution in [2.45, 2.75) is 31.9 Å². The number of nitrogens with zero attached hydrogens (tertiary/aromatic N) is 3. The van der Waals surface area contributed by atoms with Crippen molar-refractivity contribution in [3.63, 3.8) is 0 Å². The molecule has 12 heteroatoms. The normalized spacial score (nSPS) is 16.4. The van der Waals surface area contributed by atoms with Gasteiger partial charge in [0.2, 0.25) is 5.90 Å². The summed E-state index contributed by atoms with van der Waals surface area (Å²) in [5.74, 6) is -2.21. The lowest BCUT2D eigenvalue weighted by Crippen LogP contribution is -2.33. The summed E-state index contributed by atoms with van der Waals surface area (Å²) in [6, 6.07) is 7.87. The van der Waals surface area contributed by atoms with Crippen molar-refractivity contribution in [2.24, 2.45) is 4.99 Å². The third-order valence-corrected chi connectivity index (χ3v) is 5.76. The molecule has 0 atom stereocenters. The maximum atomic E-state index is 13.3. The van der Waals surface area contributed by atoms with Gasteiger partial charge < -0.3 is 14.2 Å². The summed E-state index contributed by atoms with van der Waals surface area (Å²) in [4.78, 5) is 52.8. The fourth-order valence-corrected chi connectivity index (χ4v) is 4.42. The molecule has 2 aromatic carbocycles. The first-order valence-corrected chi connectivity index (χ1v) is 10.6. The van der Waals surface area contributed by atoms with Crippen molar-refractivity contribution in [1.82, 2.24) is 0 Å². The molecule has 1 heterocycles. The lowest BCUT2D eigenvalue weighted by atomic mass is 9.82. The molecule has 36 heavy (non-hydrogen) atoms. The van der Waals surface area contributed by atoms with E-state index in [1.807, 2.05) is 0 Å². The maximum absolute atomic E-state index is 13.3. The van der Waals surface area contributed by atoms with Crippen molar-refractivity contribution in [3.05, 3.63) is 78.9 Å². The fourth-order valence-electron chi connectivity index (χ4n) is 4.42. The van der Waals surface area contributed by atoms with E-state index in [1.54, 1.807) is 20.8 Å². The van der Waals surface area contributed by atoms with E-state index in [-0.39, 0.29) is 39.5 Å². The van der Waals surface area contributed by atoms with Crippen LogP contribution in [0.25, 0.3) is 11.1 Å². The molecule has 0 amide bonds. The summed E-state index contributed by atoms with van der Waals surface area (Å²) in [7, 11) is 2.20. The van der Waals surface area contributed by atoms with Gasteiger partial charge >= 0.3 is 11.9 Å². The highest BCUT2D eigenvalue weighted by Crippen LogP contribution is 2.58. The van der Waals surface area contributed by atoms with Gasteiger partial charge in [-0.3, -0.25) is 20.2 Å². The SMILES string of the molecule is COC(=O)C1=C(C(=O)OC)C2(OC1=NC(C)(C)C)c1cc([N+](=O)[O-])ccc1-c1ccc([N+](=O)[O-])cc12. The highest BCUT2D eigenvalue weighted by atomic mass is 16.6. The number of ether oxygens (including phenoxy) is 3. The minimum atomic E-state index is -2.00. The van der Waals surface area contributed by atoms with Gasteiger partial charge in [-0.1, -0.05) is 0 Å². The van der Waals surface area contributed by atoms with Crippen LogP contribution in [-0.4, -0.2) is 47.4 Å². The maximum Gasteiger partial charge on any atom is 0.344 e. The number of non-ortho nitro benzene ring substituents is 2. The summed E-state index contributed by atoms with van der Waals surface area (Å²) < 4.78 is 16.2. The van der Waals surface area contributed by atoms with Crippen molar-refractivity contribution in [3.8, 4) is 11.1 Å². The van der Waals surface area contributed by atoms with Crippen molar-refractivity contribution >= 4 is 29.2 Å². The van der Waals surface area contributed by atoms with Crippen LogP contribution in [0.3, 0.4) is 0 Å². The van der Waals surface area contributed by atoms with Crippen LogP contribution in [0.15, 0.2) is 52.5 Å². The Hall–Kier alpha value is -4.61. The van der Waals surface area contributed by atoms with E-state index < -0.39 is 32.9 Å². The van der Waals surface area contributed by atoms with Gasteiger partial charge in [0.25, 0.3) is 11.4 Å². The lowest BCUT2D eigenvalue weighted by molar-refractivity contribution is -0.385. The topological polar surface area (TPSA) is 160 Å². The Morgan fingerprint density at radius 2 is 1.36 bits per heavy atom. The fraction of sp³-hybridized carbons (Fsp3) is 0.292. The van der Waals surface area contributed by atoms with E-state index >= 15 is 0 Å². The molecule has 2 aliphatic rings. The summed E-state index contributed by atoms with van der Waals surface area (Å²) in [5.41, 5.74) is -2.99. The van der Waals surface area contributed by atoms with Gasteiger partial charge in [-0.2, -0.15) is 0 Å². The van der Waals surface area contributed by atoms with Crippen molar-refractivity contribution in [2.75, 3.05) is 14.2 Å². The van der Waals surface area contributed by atoms with E-state index in [1.165, 1.54) is 36.4 Å². The van der Waals surface area contributed by atoms with Crippen LogP contribution in [0.4, 0.5) is 11.4 Å². The van der Waals surface area contributed by atoms with Crippen LogP contribution < -0.4 is 0 Å². The molecule has 0 saturated heterocycles. The molecule has 1 aliphatic carbocycles. The first kappa shape index (κ1) is 24.5. The Morgan fingerprint density at radius 3 is 1.75 bits per heavy atom. The number of hydrogen-bond donors (Lipinski definition) is 0. The van der Waals surface area contributed by atoms with Crippen LogP contribution in [-0.2, 0) is 29.4 Å². The monoisotopic (exact) mass is 495 g/mol. The number of aliphatic imine (C=N–C) groups is 1. The number of benzene rings is 2. The van der Waals surface area contributed by atoms with Gasteiger partial charge in [0, 0.05) is 35.4 Å². The molecule has 1 spiro atoms. The molecule has 0 unspecified atom stereocenters. The van der Waals surface area contributed by atoms with E-state index in [0.29, 0.717) is 11.1 Å². The molecule has 12 nitrogen and oxygen atoms in total. The first-order valence-electron chi connectivity index (χ1n) is 10.6. The minimum absolute atomic E-state index is 0.133. The molecule has 0 N–H and O–H groups in total. The predicted molar refractivity (Wildman–Crippen MR) is 125 cm³/mol. The van der Waals surface area contributed by atoms with E-state index in [2.05, 4.69) is 4.99 Å². The van der Waals surface area contributed by atoms with Crippen molar-refractivity contribution in [1.29, 1.82) is 0 Å². The standard InChI is InChI=1S/C24H21N3O9/c1-23(2,3)25-20-18(21(28)34-4)19(22(29)35-5)24(36-20)16-10-12(26(30)31)6-8-14(16)15-9-7-13(27(32)33)11-17(15)24/h6-11H,1-5H3. The number of nitro groups is 2. The molecule has 0 radical (unpaired) electrons. The lowest BCUT2D eigenvalue weighted by Gasteiger charge is -2.28. The molecule has 2 aromatic rings. The molecular formula is C24H21N3O9. The zero-order valence-corrected chi connectivity index (χ0v) is 20.0. The second-order valence-corrected chi connectivity index (χ2v) is 9.08. The number of esters is 2. The highest BCUT2D eigenvalue weighted by molar-refractivity contribution is 6.24. The zero-order chi connectivity index (χ0) is 26.6. The number of rotatable bonds is 4.